The third-order valence-electron chi connectivity index (χ3n) is 8.89. The van der Waals surface area contributed by atoms with Crippen molar-refractivity contribution in [2.24, 2.45) is 23.7 Å². The van der Waals surface area contributed by atoms with Gasteiger partial charge in [-0.15, -0.1) is 0 Å². The van der Waals surface area contributed by atoms with E-state index in [4.69, 9.17) is 0 Å². The minimum Gasteiger partial charge on any atom is -0.481 e. The maximum absolute atomic E-state index is 12.2. The third-order valence-corrected chi connectivity index (χ3v) is 8.89. The van der Waals surface area contributed by atoms with Crippen molar-refractivity contribution in [1.29, 1.82) is 0 Å². The highest BCUT2D eigenvalue weighted by Crippen LogP contribution is 2.49. The number of likely N-dealkylation sites (tertiary alicyclic amines) is 1. The molecule has 6 heteroatoms. The van der Waals surface area contributed by atoms with Gasteiger partial charge >= 0.3 is 5.97 Å². The summed E-state index contributed by atoms with van der Waals surface area (Å²) in [6.07, 6.45) is 12.4. The Morgan fingerprint density at radius 2 is 1.78 bits per heavy atom. The Hall–Kier alpha value is -2.47. The molecular formula is C30H42N4O2. The Kier molecular flexibility index (Phi) is 8.20. The molecule has 2 heterocycles. The molecule has 2 unspecified atom stereocenters. The third kappa shape index (κ3) is 6.08. The molecule has 0 radical (unpaired) electrons. The van der Waals surface area contributed by atoms with E-state index in [1.165, 1.54) is 18.4 Å². The molecule has 1 saturated heterocycles. The number of aromatic nitrogens is 2. The second-order valence-electron chi connectivity index (χ2n) is 11.4. The van der Waals surface area contributed by atoms with Crippen molar-refractivity contribution in [3.05, 3.63) is 54.4 Å². The number of nitrogens with zero attached hydrogens (tertiary/aromatic N) is 4. The van der Waals surface area contributed by atoms with Crippen LogP contribution in [0.2, 0.25) is 0 Å². The van der Waals surface area contributed by atoms with Crippen molar-refractivity contribution in [3.8, 4) is 0 Å². The van der Waals surface area contributed by atoms with Gasteiger partial charge in [0.25, 0.3) is 0 Å². The molecule has 2 aliphatic carbocycles. The van der Waals surface area contributed by atoms with Gasteiger partial charge in [0.15, 0.2) is 0 Å². The van der Waals surface area contributed by atoms with E-state index in [2.05, 4.69) is 57.0 Å². The predicted octanol–water partition coefficient (Wildman–Crippen LogP) is 5.47. The molecule has 36 heavy (non-hydrogen) atoms. The second kappa shape index (κ2) is 11.7. The predicted molar refractivity (Wildman–Crippen MR) is 143 cm³/mol. The molecule has 1 aromatic carbocycles. The van der Waals surface area contributed by atoms with Gasteiger partial charge in [-0.3, -0.25) is 4.79 Å². The lowest BCUT2D eigenvalue weighted by Crippen LogP contribution is -2.47. The summed E-state index contributed by atoms with van der Waals surface area (Å²) in [4.78, 5) is 26.4. The lowest BCUT2D eigenvalue weighted by atomic mass is 9.85. The quantitative estimate of drug-likeness (QED) is 0.451. The maximum Gasteiger partial charge on any atom is 0.306 e. The summed E-state index contributed by atoms with van der Waals surface area (Å²) < 4.78 is 0. The average Bonchev–Trinajstić information content (AvgIpc) is 3.65. The van der Waals surface area contributed by atoms with Gasteiger partial charge in [0.1, 0.15) is 0 Å². The zero-order chi connectivity index (χ0) is 24.9. The summed E-state index contributed by atoms with van der Waals surface area (Å²) in [7, 11) is 0. The molecule has 2 saturated carbocycles. The molecule has 0 spiro atoms. The van der Waals surface area contributed by atoms with Crippen LogP contribution >= 0.6 is 0 Å². The fourth-order valence-corrected chi connectivity index (χ4v) is 6.89. The smallest absolute Gasteiger partial charge is 0.306 e. The van der Waals surface area contributed by atoms with Gasteiger partial charge in [0, 0.05) is 44.6 Å². The number of hydrogen-bond acceptors (Lipinski definition) is 5. The average molecular weight is 491 g/mol. The maximum atomic E-state index is 12.2. The van der Waals surface area contributed by atoms with Crippen LogP contribution in [0.25, 0.3) is 0 Å². The van der Waals surface area contributed by atoms with E-state index in [1.807, 2.05) is 18.5 Å². The number of aliphatic carboxylic acids is 1. The van der Waals surface area contributed by atoms with E-state index in [-0.39, 0.29) is 5.92 Å². The van der Waals surface area contributed by atoms with Crippen LogP contribution in [0.5, 0.6) is 0 Å². The fraction of sp³-hybridized carbons (Fsp3) is 0.633. The van der Waals surface area contributed by atoms with Crippen molar-refractivity contribution in [3.63, 3.8) is 0 Å². The largest absolute Gasteiger partial charge is 0.481 e. The van der Waals surface area contributed by atoms with Crippen molar-refractivity contribution in [2.75, 3.05) is 31.1 Å². The van der Waals surface area contributed by atoms with Gasteiger partial charge < -0.3 is 14.9 Å². The van der Waals surface area contributed by atoms with Crippen LogP contribution in [0.3, 0.4) is 0 Å². The van der Waals surface area contributed by atoms with Crippen molar-refractivity contribution in [1.82, 2.24) is 14.9 Å². The molecule has 5 rings (SSSR count). The van der Waals surface area contributed by atoms with Gasteiger partial charge in [-0.1, -0.05) is 50.1 Å². The van der Waals surface area contributed by atoms with Crippen LogP contribution in [0, 0.1) is 23.7 Å². The minimum absolute atomic E-state index is 0.173. The van der Waals surface area contributed by atoms with Crippen molar-refractivity contribution in [2.45, 2.75) is 70.3 Å². The molecule has 1 aliphatic heterocycles. The Morgan fingerprint density at radius 3 is 2.42 bits per heavy atom. The Bertz CT molecular complexity index is 959. The summed E-state index contributed by atoms with van der Waals surface area (Å²) in [6, 6.07) is 13.2. The molecule has 1 N–H and O–H groups in total. The lowest BCUT2D eigenvalue weighted by Gasteiger charge is -2.39. The van der Waals surface area contributed by atoms with Crippen molar-refractivity contribution >= 4 is 11.9 Å². The highest BCUT2D eigenvalue weighted by molar-refractivity contribution is 5.70. The van der Waals surface area contributed by atoms with E-state index in [1.54, 1.807) is 0 Å². The highest BCUT2D eigenvalue weighted by atomic mass is 16.4. The molecule has 1 aromatic heterocycles. The van der Waals surface area contributed by atoms with Gasteiger partial charge in [-0.25, -0.2) is 9.97 Å². The normalized spacial score (nSPS) is 26.1. The second-order valence-corrected chi connectivity index (χ2v) is 11.4. The number of hydrogen-bond donors (Lipinski definition) is 1. The van der Waals surface area contributed by atoms with E-state index in [9.17, 15) is 9.90 Å². The van der Waals surface area contributed by atoms with E-state index in [0.717, 1.165) is 70.7 Å². The van der Waals surface area contributed by atoms with Gasteiger partial charge in [-0.2, -0.15) is 0 Å². The monoisotopic (exact) mass is 490 g/mol. The van der Waals surface area contributed by atoms with Crippen LogP contribution in [-0.2, 0) is 4.79 Å². The summed E-state index contributed by atoms with van der Waals surface area (Å²) >= 11 is 0. The van der Waals surface area contributed by atoms with Crippen LogP contribution < -0.4 is 4.90 Å². The van der Waals surface area contributed by atoms with Gasteiger partial charge in [0.05, 0.1) is 5.92 Å². The highest BCUT2D eigenvalue weighted by Gasteiger charge is 2.43. The minimum atomic E-state index is -0.570. The Balaban J connectivity index is 1.24. The first-order valence-electron chi connectivity index (χ1n) is 14.2. The molecular weight excluding hydrogens is 448 g/mol. The number of carboxylic acids is 1. The van der Waals surface area contributed by atoms with Gasteiger partial charge in [-0.05, 0) is 73.8 Å². The van der Waals surface area contributed by atoms with Crippen LogP contribution in [0.4, 0.5) is 5.95 Å². The first-order chi connectivity index (χ1) is 17.6. The van der Waals surface area contributed by atoms with E-state index < -0.39 is 5.97 Å². The molecule has 0 amide bonds. The zero-order valence-electron chi connectivity index (χ0n) is 21.7. The molecule has 4 atom stereocenters. The topological polar surface area (TPSA) is 69.6 Å². The van der Waals surface area contributed by atoms with Crippen molar-refractivity contribution < 1.29 is 9.90 Å². The molecule has 3 fully saturated rings. The Morgan fingerprint density at radius 1 is 1.06 bits per heavy atom. The SMILES string of the molecule is CCCN(c1ncccn1)C1CCN(C[C@H]2CC(C(CC3CC3)C(=O)O)C[C@@H]2c2ccccc2)CC1. The molecule has 0 bridgehead atoms. The summed E-state index contributed by atoms with van der Waals surface area (Å²) in [5.74, 6) is 2.05. The van der Waals surface area contributed by atoms with E-state index >= 15 is 0 Å². The number of carbonyl (C=O) groups is 1. The van der Waals surface area contributed by atoms with E-state index in [0.29, 0.717) is 29.7 Å². The summed E-state index contributed by atoms with van der Waals surface area (Å²) in [5.41, 5.74) is 1.39. The van der Waals surface area contributed by atoms with Crippen LogP contribution in [0.1, 0.15) is 69.8 Å². The standard InChI is InChI=1S/C30H42N4O2/c1-2-15-34(30-31-13-6-14-32-30)26-11-16-33(17-12-26)21-25-19-24(28(29(35)36)18-22-9-10-22)20-27(25)23-7-4-3-5-8-23/h3-8,13-14,22,24-28H,2,9-12,15-21H2,1H3,(H,35,36)/t24?,25-,27-,28?/m1/s1. The summed E-state index contributed by atoms with van der Waals surface area (Å²) in [5, 5.41) is 10.1. The molecule has 2 aromatic rings. The fourth-order valence-electron chi connectivity index (χ4n) is 6.89. The van der Waals surface area contributed by atoms with Crippen LogP contribution in [-0.4, -0.2) is 58.2 Å². The molecule has 194 valence electrons. The first kappa shape index (κ1) is 25.2. The number of piperidine rings is 1. The number of benzene rings is 1. The summed E-state index contributed by atoms with van der Waals surface area (Å²) in [6.45, 7) is 6.47. The first-order valence-corrected chi connectivity index (χ1v) is 14.2. The molecule has 6 nitrogen and oxygen atoms in total. The zero-order valence-corrected chi connectivity index (χ0v) is 21.7. The lowest BCUT2D eigenvalue weighted by molar-refractivity contribution is -0.144. The Labute approximate surface area is 216 Å². The molecule has 3 aliphatic rings. The number of anilines is 1. The van der Waals surface area contributed by atoms with Crippen LogP contribution in [0.15, 0.2) is 48.8 Å². The number of carboxylic acid groups (broad SMARTS) is 1. The van der Waals surface area contributed by atoms with Gasteiger partial charge in [0.2, 0.25) is 5.95 Å². The number of rotatable bonds is 11.